The van der Waals surface area contributed by atoms with Crippen molar-refractivity contribution in [3.63, 3.8) is 0 Å². The molecule has 0 bridgehead atoms. The molecule has 2 aromatic carbocycles. The number of carboxylic acids is 2. The van der Waals surface area contributed by atoms with Crippen molar-refractivity contribution in [2.75, 3.05) is 20.1 Å². The van der Waals surface area contributed by atoms with Gasteiger partial charge in [0.15, 0.2) is 0 Å². The van der Waals surface area contributed by atoms with E-state index in [0.717, 1.165) is 24.9 Å². The van der Waals surface area contributed by atoms with Crippen molar-refractivity contribution in [2.24, 2.45) is 0 Å². The lowest BCUT2D eigenvalue weighted by Gasteiger charge is -2.14. The van der Waals surface area contributed by atoms with Gasteiger partial charge in [-0.1, -0.05) is 31.2 Å². The average molecular weight is 345 g/mol. The lowest BCUT2D eigenvalue weighted by molar-refractivity contribution is -0.134. The van der Waals surface area contributed by atoms with Crippen LogP contribution >= 0.6 is 0 Å². The van der Waals surface area contributed by atoms with Crippen LogP contribution in [0.2, 0.25) is 0 Å². The molecule has 25 heavy (non-hydrogen) atoms. The van der Waals surface area contributed by atoms with Gasteiger partial charge in [-0.15, -0.1) is 0 Å². The summed E-state index contributed by atoms with van der Waals surface area (Å²) in [5.41, 5.74) is 1.35. The molecular weight excluding hydrogens is 322 g/mol. The first kappa shape index (κ1) is 20.2. The number of likely N-dealkylation sites (N-methyl/N-ethyl adjacent to an activating group) is 1. The summed E-state index contributed by atoms with van der Waals surface area (Å²) in [6, 6.07) is 11.9. The summed E-state index contributed by atoms with van der Waals surface area (Å²) < 4.78 is 0. The molecule has 0 unspecified atom stereocenters. The molecule has 0 saturated heterocycles. The molecule has 0 atom stereocenters. The second-order valence-corrected chi connectivity index (χ2v) is 5.48. The Kier molecular flexibility index (Phi) is 8.15. The van der Waals surface area contributed by atoms with E-state index < -0.39 is 11.9 Å². The number of aromatic hydroxyl groups is 1. The summed E-state index contributed by atoms with van der Waals surface area (Å²) in [6.07, 6.45) is 2.16. The Morgan fingerprint density at radius 1 is 1.08 bits per heavy atom. The van der Waals surface area contributed by atoms with Crippen LogP contribution < -0.4 is 0 Å². The smallest absolute Gasteiger partial charge is 0.328 e. The maximum Gasteiger partial charge on any atom is 0.328 e. The van der Waals surface area contributed by atoms with Crippen LogP contribution in [0.5, 0.6) is 5.75 Å². The second-order valence-electron chi connectivity index (χ2n) is 5.48. The fraction of sp³-hybridized carbons (Fsp3) is 0.263. The van der Waals surface area contributed by atoms with E-state index in [1.165, 1.54) is 10.9 Å². The Morgan fingerprint density at radius 2 is 1.72 bits per heavy atom. The van der Waals surface area contributed by atoms with Gasteiger partial charge in [0.05, 0.1) is 0 Å². The van der Waals surface area contributed by atoms with Crippen LogP contribution in [0, 0.1) is 0 Å². The normalized spacial score (nSPS) is 10.7. The van der Waals surface area contributed by atoms with Crippen molar-refractivity contribution in [3.05, 3.63) is 54.1 Å². The first-order valence-electron chi connectivity index (χ1n) is 7.86. The third kappa shape index (κ3) is 7.50. The number of rotatable bonds is 6. The minimum Gasteiger partial charge on any atom is -0.508 e. The maximum absolute atomic E-state index is 9.55. The highest BCUT2D eigenvalue weighted by Crippen LogP contribution is 2.23. The van der Waals surface area contributed by atoms with Crippen LogP contribution in [0.1, 0.15) is 12.5 Å². The van der Waals surface area contributed by atoms with Gasteiger partial charge in [0, 0.05) is 18.7 Å². The van der Waals surface area contributed by atoms with Gasteiger partial charge >= 0.3 is 11.9 Å². The van der Waals surface area contributed by atoms with Gasteiger partial charge in [-0.05, 0) is 48.5 Å². The van der Waals surface area contributed by atoms with Crippen molar-refractivity contribution in [3.8, 4) is 5.75 Å². The van der Waals surface area contributed by atoms with Gasteiger partial charge in [0.1, 0.15) is 5.75 Å². The molecule has 2 aromatic rings. The molecule has 6 heteroatoms. The highest BCUT2D eigenvalue weighted by Gasteiger charge is 2.03. The molecule has 6 nitrogen and oxygen atoms in total. The van der Waals surface area contributed by atoms with Crippen LogP contribution in [-0.4, -0.2) is 52.3 Å². The van der Waals surface area contributed by atoms with E-state index in [2.05, 4.69) is 31.0 Å². The molecule has 0 radical (unpaired) electrons. The Bertz CT molecular complexity index is 739. The predicted molar refractivity (Wildman–Crippen MR) is 96.9 cm³/mol. The van der Waals surface area contributed by atoms with E-state index in [1.807, 2.05) is 18.2 Å². The van der Waals surface area contributed by atoms with Crippen molar-refractivity contribution < 1.29 is 24.9 Å². The highest BCUT2D eigenvalue weighted by atomic mass is 16.4. The Morgan fingerprint density at radius 3 is 2.28 bits per heavy atom. The standard InChI is InChI=1S/C15H19NO.C4H4O4/c1-3-16(2)10-9-12-5-4-6-13-11-14(17)7-8-15(12)13;5-3(6)1-2-4(7)8/h4-8,11,17H,3,9-10H2,1-2H3;1-2H,(H,5,6)(H,7,8)/b;2-1+. The molecular formula is C19H23NO5. The first-order chi connectivity index (χ1) is 11.8. The molecule has 0 heterocycles. The van der Waals surface area contributed by atoms with Crippen molar-refractivity contribution in [1.29, 1.82) is 0 Å². The number of aliphatic carboxylic acids is 2. The van der Waals surface area contributed by atoms with Gasteiger partial charge in [-0.2, -0.15) is 0 Å². The molecule has 134 valence electrons. The lowest BCUT2D eigenvalue weighted by Crippen LogP contribution is -2.20. The third-order valence-corrected chi connectivity index (χ3v) is 3.63. The van der Waals surface area contributed by atoms with Crippen molar-refractivity contribution >= 4 is 22.7 Å². The minimum absolute atomic E-state index is 0.334. The molecule has 0 saturated carbocycles. The monoisotopic (exact) mass is 345 g/mol. The Balaban J connectivity index is 0.000000333. The number of benzene rings is 2. The summed E-state index contributed by atoms with van der Waals surface area (Å²) in [7, 11) is 2.14. The number of carbonyl (C=O) groups is 2. The summed E-state index contributed by atoms with van der Waals surface area (Å²) >= 11 is 0. The number of hydrogen-bond donors (Lipinski definition) is 3. The van der Waals surface area contributed by atoms with E-state index in [9.17, 15) is 14.7 Å². The molecule has 2 rings (SSSR count). The van der Waals surface area contributed by atoms with Crippen LogP contribution in [0.15, 0.2) is 48.6 Å². The average Bonchev–Trinajstić information content (AvgIpc) is 2.58. The van der Waals surface area contributed by atoms with E-state index in [4.69, 9.17) is 10.2 Å². The molecule has 0 amide bonds. The van der Waals surface area contributed by atoms with E-state index in [0.29, 0.717) is 17.9 Å². The molecule has 0 spiro atoms. The first-order valence-corrected chi connectivity index (χ1v) is 7.86. The van der Waals surface area contributed by atoms with Crippen LogP contribution in [0.4, 0.5) is 0 Å². The van der Waals surface area contributed by atoms with Crippen molar-refractivity contribution in [1.82, 2.24) is 4.90 Å². The fourth-order valence-corrected chi connectivity index (χ4v) is 2.17. The number of nitrogens with zero attached hydrogens (tertiary/aromatic N) is 1. The van der Waals surface area contributed by atoms with Gasteiger partial charge in [-0.25, -0.2) is 9.59 Å². The quantitative estimate of drug-likeness (QED) is 0.697. The van der Waals surface area contributed by atoms with Crippen LogP contribution in [0.25, 0.3) is 10.8 Å². The van der Waals surface area contributed by atoms with Crippen LogP contribution in [0.3, 0.4) is 0 Å². The van der Waals surface area contributed by atoms with E-state index in [1.54, 1.807) is 6.07 Å². The number of carboxylic acid groups (broad SMARTS) is 2. The van der Waals surface area contributed by atoms with Gasteiger partial charge < -0.3 is 20.2 Å². The maximum atomic E-state index is 9.55. The molecule has 0 aliphatic heterocycles. The zero-order valence-electron chi connectivity index (χ0n) is 14.3. The fourth-order valence-electron chi connectivity index (χ4n) is 2.17. The molecule has 0 aromatic heterocycles. The minimum atomic E-state index is -1.26. The zero-order valence-corrected chi connectivity index (χ0v) is 14.3. The number of phenolic OH excluding ortho intramolecular Hbond substituents is 1. The van der Waals surface area contributed by atoms with Gasteiger partial charge in [0.2, 0.25) is 0 Å². The number of fused-ring (bicyclic) bond motifs is 1. The number of hydrogen-bond acceptors (Lipinski definition) is 4. The molecule has 0 fully saturated rings. The summed E-state index contributed by atoms with van der Waals surface area (Å²) in [6.45, 7) is 4.31. The Labute approximate surface area is 146 Å². The number of phenols is 1. The van der Waals surface area contributed by atoms with Gasteiger partial charge in [-0.3, -0.25) is 0 Å². The van der Waals surface area contributed by atoms with Crippen LogP contribution in [-0.2, 0) is 16.0 Å². The summed E-state index contributed by atoms with van der Waals surface area (Å²) in [5.74, 6) is -2.18. The lowest BCUT2D eigenvalue weighted by atomic mass is 10.0. The largest absolute Gasteiger partial charge is 0.508 e. The zero-order chi connectivity index (χ0) is 18.8. The second kappa shape index (κ2) is 10.1. The molecule has 0 aliphatic carbocycles. The molecule has 0 aliphatic rings. The van der Waals surface area contributed by atoms with E-state index in [-0.39, 0.29) is 0 Å². The predicted octanol–water partition coefficient (Wildman–Crippen LogP) is 2.75. The third-order valence-electron chi connectivity index (χ3n) is 3.63. The van der Waals surface area contributed by atoms with E-state index >= 15 is 0 Å². The topological polar surface area (TPSA) is 98.1 Å². The van der Waals surface area contributed by atoms with Gasteiger partial charge in [0.25, 0.3) is 0 Å². The Hall–Kier alpha value is -2.86. The summed E-state index contributed by atoms with van der Waals surface area (Å²) in [5, 5.41) is 27.5. The SMILES string of the molecule is CCN(C)CCc1cccc2cc(O)ccc12.O=C(O)/C=C/C(=O)O. The summed E-state index contributed by atoms with van der Waals surface area (Å²) in [4.78, 5) is 21.4. The van der Waals surface area contributed by atoms with Crippen molar-refractivity contribution in [2.45, 2.75) is 13.3 Å². The highest BCUT2D eigenvalue weighted by molar-refractivity contribution is 5.89. The molecule has 3 N–H and O–H groups in total.